The van der Waals surface area contributed by atoms with E-state index in [2.05, 4.69) is 32.5 Å². The van der Waals surface area contributed by atoms with Gasteiger partial charge in [-0.2, -0.15) is 0 Å². The van der Waals surface area contributed by atoms with E-state index in [9.17, 15) is 4.79 Å². The number of hydrogen-bond acceptors (Lipinski definition) is 3. The van der Waals surface area contributed by atoms with Gasteiger partial charge in [0.05, 0.1) is 6.61 Å². The standard InChI is InChI=1S/C11H21NO2.BrH/c1-5-7-10(12(3)4)8-9-14-11(13)6-2;/h6,10H,2,5,7-9H2,1,3-4H3;1H. The van der Waals surface area contributed by atoms with Crippen molar-refractivity contribution in [3.8, 4) is 0 Å². The van der Waals surface area contributed by atoms with Crippen LogP contribution in [0.3, 0.4) is 0 Å². The molecule has 0 amide bonds. The normalized spacial score (nSPS) is 11.7. The van der Waals surface area contributed by atoms with Crippen LogP contribution in [0.25, 0.3) is 0 Å². The molecule has 0 saturated heterocycles. The molecule has 0 aliphatic rings. The van der Waals surface area contributed by atoms with Crippen LogP contribution >= 0.6 is 17.0 Å². The first-order valence-electron chi connectivity index (χ1n) is 5.07. The molecule has 0 aliphatic carbocycles. The summed E-state index contributed by atoms with van der Waals surface area (Å²) >= 11 is 0. The smallest absolute Gasteiger partial charge is 0.330 e. The Hall–Kier alpha value is -0.350. The van der Waals surface area contributed by atoms with E-state index in [1.165, 1.54) is 6.08 Å². The molecule has 4 heteroatoms. The van der Waals surface area contributed by atoms with Crippen molar-refractivity contribution < 1.29 is 9.53 Å². The van der Waals surface area contributed by atoms with Gasteiger partial charge in [0.1, 0.15) is 0 Å². The number of carbonyl (C=O) groups excluding carboxylic acids is 1. The summed E-state index contributed by atoms with van der Waals surface area (Å²) in [5, 5.41) is 0. The molecule has 3 nitrogen and oxygen atoms in total. The van der Waals surface area contributed by atoms with E-state index in [1.807, 2.05) is 0 Å². The minimum Gasteiger partial charge on any atom is -0.462 e. The van der Waals surface area contributed by atoms with Crippen molar-refractivity contribution >= 4 is 23.0 Å². The number of carbonyl (C=O) groups is 1. The molecule has 0 radical (unpaired) electrons. The molecule has 0 aliphatic heterocycles. The monoisotopic (exact) mass is 279 g/mol. The Bertz CT molecular complexity index is 183. The second-order valence-electron chi connectivity index (χ2n) is 3.57. The van der Waals surface area contributed by atoms with Crippen molar-refractivity contribution in [3.05, 3.63) is 12.7 Å². The molecular weight excluding hydrogens is 258 g/mol. The Morgan fingerprint density at radius 3 is 2.47 bits per heavy atom. The summed E-state index contributed by atoms with van der Waals surface area (Å²) in [5.74, 6) is -0.334. The molecule has 0 aromatic heterocycles. The van der Waals surface area contributed by atoms with E-state index in [4.69, 9.17) is 4.74 Å². The van der Waals surface area contributed by atoms with Crippen LogP contribution < -0.4 is 0 Å². The lowest BCUT2D eigenvalue weighted by molar-refractivity contribution is -0.138. The maximum atomic E-state index is 10.8. The zero-order valence-electron chi connectivity index (χ0n) is 9.86. The fraction of sp³-hybridized carbons (Fsp3) is 0.727. The minimum absolute atomic E-state index is 0. The highest BCUT2D eigenvalue weighted by atomic mass is 79.9. The van der Waals surface area contributed by atoms with Gasteiger partial charge < -0.3 is 9.64 Å². The topological polar surface area (TPSA) is 29.5 Å². The van der Waals surface area contributed by atoms with Gasteiger partial charge in [0.25, 0.3) is 0 Å². The molecule has 15 heavy (non-hydrogen) atoms. The molecule has 0 bridgehead atoms. The summed E-state index contributed by atoms with van der Waals surface area (Å²) in [4.78, 5) is 12.9. The quantitative estimate of drug-likeness (QED) is 0.530. The molecule has 0 aromatic carbocycles. The SMILES string of the molecule is Br.C=CC(=O)OCCC(CCC)N(C)C. The van der Waals surface area contributed by atoms with Crippen molar-refractivity contribution in [2.75, 3.05) is 20.7 Å². The van der Waals surface area contributed by atoms with Gasteiger partial charge in [0.2, 0.25) is 0 Å². The van der Waals surface area contributed by atoms with Crippen LogP contribution in [0.2, 0.25) is 0 Å². The lowest BCUT2D eigenvalue weighted by atomic mass is 10.1. The summed E-state index contributed by atoms with van der Waals surface area (Å²) < 4.78 is 4.93. The Kier molecular flexibility index (Phi) is 11.6. The van der Waals surface area contributed by atoms with Crippen molar-refractivity contribution in [2.24, 2.45) is 0 Å². The molecule has 1 atom stereocenters. The van der Waals surface area contributed by atoms with E-state index < -0.39 is 0 Å². The zero-order chi connectivity index (χ0) is 11.0. The number of halogens is 1. The summed E-state index contributed by atoms with van der Waals surface area (Å²) in [6, 6.07) is 0.498. The third kappa shape index (κ3) is 8.63. The van der Waals surface area contributed by atoms with Gasteiger partial charge in [-0.15, -0.1) is 17.0 Å². The number of rotatable bonds is 7. The minimum atomic E-state index is -0.334. The molecule has 0 saturated carbocycles. The van der Waals surface area contributed by atoms with Crippen LogP contribution in [0.5, 0.6) is 0 Å². The predicted molar refractivity (Wildman–Crippen MR) is 68.5 cm³/mol. The van der Waals surface area contributed by atoms with Crippen LogP contribution in [0.15, 0.2) is 12.7 Å². The third-order valence-electron chi connectivity index (χ3n) is 2.21. The molecule has 0 heterocycles. The second kappa shape index (κ2) is 10.2. The van der Waals surface area contributed by atoms with Crippen LogP contribution in [-0.4, -0.2) is 37.6 Å². The maximum Gasteiger partial charge on any atom is 0.330 e. The predicted octanol–water partition coefficient (Wildman–Crippen LogP) is 2.41. The Morgan fingerprint density at radius 1 is 1.47 bits per heavy atom. The van der Waals surface area contributed by atoms with E-state index in [-0.39, 0.29) is 23.0 Å². The number of hydrogen-bond donors (Lipinski definition) is 0. The molecule has 1 unspecified atom stereocenters. The Balaban J connectivity index is 0. The number of esters is 1. The largest absolute Gasteiger partial charge is 0.462 e. The maximum absolute atomic E-state index is 10.8. The van der Waals surface area contributed by atoms with Gasteiger partial charge in [0, 0.05) is 12.1 Å². The first-order valence-corrected chi connectivity index (χ1v) is 5.07. The molecule has 0 aromatic rings. The first kappa shape index (κ1) is 17.1. The average molecular weight is 280 g/mol. The van der Waals surface area contributed by atoms with Crippen LogP contribution in [-0.2, 0) is 9.53 Å². The van der Waals surface area contributed by atoms with Crippen molar-refractivity contribution in [2.45, 2.75) is 32.2 Å². The Labute approximate surface area is 103 Å². The van der Waals surface area contributed by atoms with Gasteiger partial charge in [-0.25, -0.2) is 4.79 Å². The number of nitrogens with zero attached hydrogens (tertiary/aromatic N) is 1. The molecule has 90 valence electrons. The summed E-state index contributed by atoms with van der Waals surface area (Å²) in [7, 11) is 4.10. The fourth-order valence-corrected chi connectivity index (χ4v) is 1.35. The lowest BCUT2D eigenvalue weighted by Gasteiger charge is -2.23. The van der Waals surface area contributed by atoms with E-state index in [0.717, 1.165) is 19.3 Å². The highest BCUT2D eigenvalue weighted by Gasteiger charge is 2.10. The zero-order valence-corrected chi connectivity index (χ0v) is 11.6. The molecule has 0 spiro atoms. The summed E-state index contributed by atoms with van der Waals surface area (Å²) in [6.07, 6.45) is 4.38. The van der Waals surface area contributed by atoms with E-state index in [0.29, 0.717) is 12.6 Å². The van der Waals surface area contributed by atoms with Crippen LogP contribution in [0.1, 0.15) is 26.2 Å². The van der Waals surface area contributed by atoms with Crippen molar-refractivity contribution in [3.63, 3.8) is 0 Å². The average Bonchev–Trinajstić information content (AvgIpc) is 2.16. The van der Waals surface area contributed by atoms with Crippen molar-refractivity contribution in [1.82, 2.24) is 4.90 Å². The first-order chi connectivity index (χ1) is 6.61. The second-order valence-corrected chi connectivity index (χ2v) is 3.57. The molecule has 0 N–H and O–H groups in total. The van der Waals surface area contributed by atoms with Gasteiger partial charge in [0.15, 0.2) is 0 Å². The van der Waals surface area contributed by atoms with Crippen molar-refractivity contribution in [1.29, 1.82) is 0 Å². The summed E-state index contributed by atoms with van der Waals surface area (Å²) in [6.45, 7) is 5.98. The highest BCUT2D eigenvalue weighted by molar-refractivity contribution is 8.93. The third-order valence-corrected chi connectivity index (χ3v) is 2.21. The number of ether oxygens (including phenoxy) is 1. The van der Waals surface area contributed by atoms with Gasteiger partial charge in [-0.1, -0.05) is 19.9 Å². The fourth-order valence-electron chi connectivity index (χ4n) is 1.35. The van der Waals surface area contributed by atoms with Gasteiger partial charge >= 0.3 is 5.97 Å². The lowest BCUT2D eigenvalue weighted by Crippen LogP contribution is -2.29. The molecule has 0 fully saturated rings. The van der Waals surface area contributed by atoms with Gasteiger partial charge in [-0.05, 0) is 26.9 Å². The van der Waals surface area contributed by atoms with Gasteiger partial charge in [-0.3, -0.25) is 0 Å². The van der Waals surface area contributed by atoms with Crippen LogP contribution in [0, 0.1) is 0 Å². The van der Waals surface area contributed by atoms with Crippen LogP contribution in [0.4, 0.5) is 0 Å². The van der Waals surface area contributed by atoms with E-state index in [1.54, 1.807) is 0 Å². The van der Waals surface area contributed by atoms with E-state index >= 15 is 0 Å². The summed E-state index contributed by atoms with van der Waals surface area (Å²) in [5.41, 5.74) is 0. The molecular formula is C11H22BrNO2. The highest BCUT2D eigenvalue weighted by Crippen LogP contribution is 2.07. The Morgan fingerprint density at radius 2 is 2.07 bits per heavy atom. The molecule has 0 rings (SSSR count).